The number of amides is 1. The second-order valence-corrected chi connectivity index (χ2v) is 6.63. The Bertz CT molecular complexity index is 480. The standard InChI is InChI=1S/C15H21ClN2O/c1-15(2,3)18-14(19)9-17-13-7-10-4-5-12(16)6-11(10)8-13/h4-6,13,17H,7-9H2,1-3H3,(H,18,19). The maximum Gasteiger partial charge on any atom is 0.234 e. The van der Waals surface area contributed by atoms with Crippen LogP contribution in [-0.4, -0.2) is 24.0 Å². The fourth-order valence-corrected chi connectivity index (χ4v) is 2.63. The summed E-state index contributed by atoms with van der Waals surface area (Å²) >= 11 is 5.99. The summed E-state index contributed by atoms with van der Waals surface area (Å²) in [6, 6.07) is 6.36. The van der Waals surface area contributed by atoms with Gasteiger partial charge < -0.3 is 10.6 Å². The lowest BCUT2D eigenvalue weighted by atomic mass is 10.1. The van der Waals surface area contributed by atoms with Crippen LogP contribution < -0.4 is 10.6 Å². The molecule has 0 fully saturated rings. The second-order valence-electron chi connectivity index (χ2n) is 6.20. The summed E-state index contributed by atoms with van der Waals surface area (Å²) < 4.78 is 0. The molecule has 0 radical (unpaired) electrons. The maximum absolute atomic E-state index is 11.7. The van der Waals surface area contributed by atoms with Gasteiger partial charge in [-0.05, 0) is 56.9 Å². The number of nitrogens with one attached hydrogen (secondary N) is 2. The van der Waals surface area contributed by atoms with Crippen molar-refractivity contribution in [3.05, 3.63) is 34.3 Å². The molecule has 0 aliphatic heterocycles. The van der Waals surface area contributed by atoms with Gasteiger partial charge in [0.1, 0.15) is 0 Å². The molecule has 1 aliphatic rings. The molecule has 2 rings (SSSR count). The van der Waals surface area contributed by atoms with Gasteiger partial charge >= 0.3 is 0 Å². The topological polar surface area (TPSA) is 41.1 Å². The Kier molecular flexibility index (Phi) is 4.16. The molecule has 104 valence electrons. The molecule has 1 atom stereocenters. The molecule has 1 aromatic rings. The van der Waals surface area contributed by atoms with Gasteiger partial charge in [-0.2, -0.15) is 0 Å². The number of hydrogen-bond donors (Lipinski definition) is 2. The molecule has 0 aromatic heterocycles. The molecule has 2 N–H and O–H groups in total. The Morgan fingerprint density at radius 3 is 2.68 bits per heavy atom. The average molecular weight is 281 g/mol. The van der Waals surface area contributed by atoms with Gasteiger partial charge in [0.2, 0.25) is 5.91 Å². The van der Waals surface area contributed by atoms with Crippen molar-refractivity contribution in [2.24, 2.45) is 0 Å². The van der Waals surface area contributed by atoms with E-state index in [-0.39, 0.29) is 11.4 Å². The third-order valence-electron chi connectivity index (χ3n) is 3.17. The number of carbonyl (C=O) groups excluding carboxylic acids is 1. The first kappa shape index (κ1) is 14.4. The fraction of sp³-hybridized carbons (Fsp3) is 0.533. The highest BCUT2D eigenvalue weighted by atomic mass is 35.5. The van der Waals surface area contributed by atoms with Crippen molar-refractivity contribution in [1.82, 2.24) is 10.6 Å². The van der Waals surface area contributed by atoms with Crippen LogP contribution in [0.1, 0.15) is 31.9 Å². The minimum atomic E-state index is -0.176. The van der Waals surface area contributed by atoms with Gasteiger partial charge in [0.15, 0.2) is 0 Å². The van der Waals surface area contributed by atoms with Crippen molar-refractivity contribution in [3.63, 3.8) is 0 Å². The molecule has 1 aliphatic carbocycles. The number of fused-ring (bicyclic) bond motifs is 1. The van der Waals surface area contributed by atoms with Crippen LogP contribution in [0.3, 0.4) is 0 Å². The van der Waals surface area contributed by atoms with E-state index in [0.717, 1.165) is 17.9 Å². The zero-order valence-corrected chi connectivity index (χ0v) is 12.5. The lowest BCUT2D eigenvalue weighted by molar-refractivity contribution is -0.121. The lowest BCUT2D eigenvalue weighted by Crippen LogP contribution is -2.46. The highest BCUT2D eigenvalue weighted by Gasteiger charge is 2.22. The number of benzene rings is 1. The van der Waals surface area contributed by atoms with Crippen LogP contribution in [0.15, 0.2) is 18.2 Å². The Balaban J connectivity index is 1.83. The molecule has 0 heterocycles. The van der Waals surface area contributed by atoms with Crippen molar-refractivity contribution in [2.75, 3.05) is 6.54 Å². The molecule has 0 bridgehead atoms. The summed E-state index contributed by atoms with van der Waals surface area (Å²) in [5, 5.41) is 7.05. The van der Waals surface area contributed by atoms with E-state index in [4.69, 9.17) is 11.6 Å². The largest absolute Gasteiger partial charge is 0.350 e. The van der Waals surface area contributed by atoms with Crippen LogP contribution in [0.5, 0.6) is 0 Å². The summed E-state index contributed by atoms with van der Waals surface area (Å²) in [4.78, 5) is 11.7. The van der Waals surface area contributed by atoms with Crippen molar-refractivity contribution in [1.29, 1.82) is 0 Å². The molecule has 1 amide bonds. The van der Waals surface area contributed by atoms with Gasteiger partial charge in [0.05, 0.1) is 6.54 Å². The first-order valence-corrected chi connectivity index (χ1v) is 7.03. The summed E-state index contributed by atoms with van der Waals surface area (Å²) in [5.41, 5.74) is 2.45. The highest BCUT2D eigenvalue weighted by Crippen LogP contribution is 2.25. The van der Waals surface area contributed by atoms with Gasteiger partial charge in [-0.25, -0.2) is 0 Å². The summed E-state index contributed by atoms with van der Waals surface area (Å²) in [6.45, 7) is 6.32. The molecular formula is C15H21ClN2O. The number of rotatable bonds is 3. The maximum atomic E-state index is 11.7. The molecule has 0 saturated heterocycles. The quantitative estimate of drug-likeness (QED) is 0.892. The number of hydrogen-bond acceptors (Lipinski definition) is 2. The third kappa shape index (κ3) is 4.22. The first-order chi connectivity index (χ1) is 8.83. The van der Waals surface area contributed by atoms with Crippen molar-refractivity contribution in [2.45, 2.75) is 45.2 Å². The van der Waals surface area contributed by atoms with E-state index < -0.39 is 0 Å². The molecule has 0 spiro atoms. The molecule has 4 heteroatoms. The predicted molar refractivity (Wildman–Crippen MR) is 78.5 cm³/mol. The Labute approximate surface area is 119 Å². The van der Waals surface area contributed by atoms with E-state index in [1.165, 1.54) is 11.1 Å². The monoisotopic (exact) mass is 280 g/mol. The normalized spacial score (nSPS) is 18.2. The Morgan fingerprint density at radius 1 is 1.32 bits per heavy atom. The van der Waals surface area contributed by atoms with E-state index in [2.05, 4.69) is 16.7 Å². The van der Waals surface area contributed by atoms with E-state index in [1.807, 2.05) is 32.9 Å². The number of halogens is 1. The van der Waals surface area contributed by atoms with Gasteiger partial charge in [0, 0.05) is 16.6 Å². The van der Waals surface area contributed by atoms with Crippen LogP contribution in [0.4, 0.5) is 0 Å². The molecular weight excluding hydrogens is 260 g/mol. The Hall–Kier alpha value is -1.06. The van der Waals surface area contributed by atoms with E-state index in [9.17, 15) is 4.79 Å². The second kappa shape index (κ2) is 5.51. The molecule has 0 saturated carbocycles. The van der Waals surface area contributed by atoms with E-state index in [0.29, 0.717) is 12.6 Å². The van der Waals surface area contributed by atoms with Gasteiger partial charge in [0.25, 0.3) is 0 Å². The van der Waals surface area contributed by atoms with Gasteiger partial charge in [-0.3, -0.25) is 4.79 Å². The first-order valence-electron chi connectivity index (χ1n) is 6.65. The van der Waals surface area contributed by atoms with Crippen LogP contribution in [-0.2, 0) is 17.6 Å². The van der Waals surface area contributed by atoms with Crippen molar-refractivity contribution < 1.29 is 4.79 Å². The van der Waals surface area contributed by atoms with Crippen LogP contribution >= 0.6 is 11.6 Å². The average Bonchev–Trinajstić information content (AvgIpc) is 2.66. The smallest absolute Gasteiger partial charge is 0.234 e. The van der Waals surface area contributed by atoms with Gasteiger partial charge in [-0.1, -0.05) is 17.7 Å². The molecule has 1 aromatic carbocycles. The van der Waals surface area contributed by atoms with Gasteiger partial charge in [-0.15, -0.1) is 0 Å². The van der Waals surface area contributed by atoms with Crippen LogP contribution in [0.25, 0.3) is 0 Å². The zero-order valence-electron chi connectivity index (χ0n) is 11.7. The lowest BCUT2D eigenvalue weighted by Gasteiger charge is -2.21. The molecule has 1 unspecified atom stereocenters. The summed E-state index contributed by atoms with van der Waals surface area (Å²) in [5.74, 6) is 0.0430. The number of carbonyl (C=O) groups is 1. The molecule has 19 heavy (non-hydrogen) atoms. The van der Waals surface area contributed by atoms with Crippen LogP contribution in [0.2, 0.25) is 5.02 Å². The fourth-order valence-electron chi connectivity index (χ4n) is 2.43. The summed E-state index contributed by atoms with van der Waals surface area (Å²) in [7, 11) is 0. The minimum Gasteiger partial charge on any atom is -0.350 e. The van der Waals surface area contributed by atoms with E-state index >= 15 is 0 Å². The third-order valence-corrected chi connectivity index (χ3v) is 3.40. The molecule has 3 nitrogen and oxygen atoms in total. The highest BCUT2D eigenvalue weighted by molar-refractivity contribution is 6.30. The zero-order chi connectivity index (χ0) is 14.0. The SMILES string of the molecule is CC(C)(C)NC(=O)CNC1Cc2ccc(Cl)cc2C1. The van der Waals surface area contributed by atoms with E-state index in [1.54, 1.807) is 0 Å². The van der Waals surface area contributed by atoms with Crippen molar-refractivity contribution >= 4 is 17.5 Å². The van der Waals surface area contributed by atoms with Crippen LogP contribution in [0, 0.1) is 0 Å². The minimum absolute atomic E-state index is 0.0430. The van der Waals surface area contributed by atoms with Crippen molar-refractivity contribution in [3.8, 4) is 0 Å². The predicted octanol–water partition coefficient (Wildman–Crippen LogP) is 2.31. The Morgan fingerprint density at radius 2 is 2.00 bits per heavy atom. The summed E-state index contributed by atoms with van der Waals surface area (Å²) in [6.07, 6.45) is 1.91.